The van der Waals surface area contributed by atoms with Crippen molar-refractivity contribution < 1.29 is 18.0 Å². The molecule has 0 saturated heterocycles. The topological polar surface area (TPSA) is 86.8 Å². The summed E-state index contributed by atoms with van der Waals surface area (Å²) in [5.41, 5.74) is 0.582. The van der Waals surface area contributed by atoms with Crippen LogP contribution >= 0.6 is 34.8 Å². The lowest BCUT2D eigenvalue weighted by Gasteiger charge is -2.34. The highest BCUT2D eigenvalue weighted by atomic mass is 35.5. The number of hydrogen-bond donors (Lipinski definition) is 1. The fraction of sp³-hybridized carbons (Fsp3) is 0.310. The standard InChI is InChI=1S/C29H32Cl3N3O4S/c1-4-20(3)33-29(37)26(5-2)34(18-22-23(30)15-11-16-24(22)31)28(36)19-35(27-17-10-9-14-25(27)32)40(38,39)21-12-7-6-8-13-21/h6-17,20,26H,4-5,18-19H2,1-3H3,(H,33,37)/t20-,26-/m1/s1. The largest absolute Gasteiger partial charge is 0.352 e. The summed E-state index contributed by atoms with van der Waals surface area (Å²) in [7, 11) is -4.22. The summed E-state index contributed by atoms with van der Waals surface area (Å²) in [6, 6.07) is 18.1. The number of carbonyl (C=O) groups excluding carboxylic acids is 2. The van der Waals surface area contributed by atoms with Crippen molar-refractivity contribution in [2.24, 2.45) is 0 Å². The molecule has 3 rings (SSSR count). The summed E-state index contributed by atoms with van der Waals surface area (Å²) in [6.07, 6.45) is 0.968. The average molecular weight is 625 g/mol. The zero-order chi connectivity index (χ0) is 29.4. The molecule has 0 aromatic heterocycles. The summed E-state index contributed by atoms with van der Waals surface area (Å²) >= 11 is 19.3. The quantitative estimate of drug-likeness (QED) is 0.247. The van der Waals surface area contributed by atoms with Gasteiger partial charge >= 0.3 is 0 Å². The van der Waals surface area contributed by atoms with Crippen LogP contribution in [0.3, 0.4) is 0 Å². The first-order chi connectivity index (χ1) is 19.0. The molecule has 7 nitrogen and oxygen atoms in total. The fourth-order valence-electron chi connectivity index (χ4n) is 4.10. The van der Waals surface area contributed by atoms with Gasteiger partial charge in [-0.2, -0.15) is 0 Å². The molecule has 0 heterocycles. The van der Waals surface area contributed by atoms with Crippen molar-refractivity contribution in [3.63, 3.8) is 0 Å². The highest BCUT2D eigenvalue weighted by molar-refractivity contribution is 7.92. The number of sulfonamides is 1. The molecule has 0 unspecified atom stereocenters. The second kappa shape index (κ2) is 14.2. The van der Waals surface area contributed by atoms with Crippen LogP contribution in [-0.4, -0.2) is 43.8 Å². The van der Waals surface area contributed by atoms with Crippen LogP contribution in [0, 0.1) is 0 Å². The number of benzene rings is 3. The molecule has 0 radical (unpaired) electrons. The van der Waals surface area contributed by atoms with Crippen molar-refractivity contribution in [2.75, 3.05) is 10.8 Å². The molecule has 0 aliphatic carbocycles. The van der Waals surface area contributed by atoms with Crippen molar-refractivity contribution in [3.8, 4) is 0 Å². The number of nitrogens with zero attached hydrogens (tertiary/aromatic N) is 2. The number of hydrogen-bond acceptors (Lipinski definition) is 4. The van der Waals surface area contributed by atoms with E-state index < -0.39 is 28.5 Å². The maximum atomic E-state index is 14.1. The van der Waals surface area contributed by atoms with Gasteiger partial charge in [-0.15, -0.1) is 0 Å². The van der Waals surface area contributed by atoms with Crippen LogP contribution < -0.4 is 9.62 Å². The molecule has 0 aliphatic rings. The Morgan fingerprint density at radius 2 is 1.40 bits per heavy atom. The number of amides is 2. The Labute approximate surface area is 251 Å². The molecular weight excluding hydrogens is 593 g/mol. The van der Waals surface area contributed by atoms with Crippen LogP contribution in [0.2, 0.25) is 15.1 Å². The van der Waals surface area contributed by atoms with Crippen LogP contribution in [0.4, 0.5) is 5.69 Å². The molecule has 11 heteroatoms. The highest BCUT2D eigenvalue weighted by Gasteiger charge is 2.35. The molecule has 0 saturated carbocycles. The molecule has 0 spiro atoms. The number of para-hydroxylation sites is 1. The third-order valence-electron chi connectivity index (χ3n) is 6.51. The Balaban J connectivity index is 2.10. The number of carbonyl (C=O) groups is 2. The van der Waals surface area contributed by atoms with Gasteiger partial charge in [0.25, 0.3) is 10.0 Å². The maximum Gasteiger partial charge on any atom is 0.264 e. The number of halogens is 3. The molecule has 2 amide bonds. The zero-order valence-electron chi connectivity index (χ0n) is 22.5. The van der Waals surface area contributed by atoms with E-state index in [1.807, 2.05) is 13.8 Å². The lowest BCUT2D eigenvalue weighted by molar-refractivity contribution is -0.140. The predicted molar refractivity (Wildman–Crippen MR) is 161 cm³/mol. The first kappa shape index (κ1) is 31.7. The van der Waals surface area contributed by atoms with Crippen LogP contribution in [0.1, 0.15) is 39.2 Å². The minimum Gasteiger partial charge on any atom is -0.352 e. The highest BCUT2D eigenvalue weighted by Crippen LogP contribution is 2.32. The van der Waals surface area contributed by atoms with E-state index in [0.717, 1.165) is 4.31 Å². The van der Waals surface area contributed by atoms with E-state index in [9.17, 15) is 18.0 Å². The lowest BCUT2D eigenvalue weighted by Crippen LogP contribution is -2.53. The van der Waals surface area contributed by atoms with Crippen molar-refractivity contribution in [3.05, 3.63) is 93.4 Å². The SMILES string of the molecule is CC[C@@H](C)NC(=O)[C@@H](CC)N(Cc1c(Cl)cccc1Cl)C(=O)CN(c1ccccc1Cl)S(=O)(=O)c1ccccc1. The van der Waals surface area contributed by atoms with E-state index in [4.69, 9.17) is 34.8 Å². The molecular formula is C29H32Cl3N3O4S. The third-order valence-corrected chi connectivity index (χ3v) is 9.31. The van der Waals surface area contributed by atoms with Gasteiger partial charge in [-0.1, -0.05) is 85.0 Å². The Morgan fingerprint density at radius 1 is 0.825 bits per heavy atom. The van der Waals surface area contributed by atoms with Crippen LogP contribution in [0.15, 0.2) is 77.7 Å². The summed E-state index contributed by atoms with van der Waals surface area (Å²) in [5, 5.41) is 3.72. The summed E-state index contributed by atoms with van der Waals surface area (Å²) in [4.78, 5) is 28.8. The molecule has 2 atom stereocenters. The summed E-state index contributed by atoms with van der Waals surface area (Å²) in [6.45, 7) is 4.87. The average Bonchev–Trinajstić information content (AvgIpc) is 2.93. The van der Waals surface area contributed by atoms with E-state index in [1.165, 1.54) is 23.1 Å². The number of nitrogens with one attached hydrogen (secondary N) is 1. The van der Waals surface area contributed by atoms with Gasteiger partial charge in [-0.05, 0) is 56.2 Å². The minimum atomic E-state index is -4.22. The predicted octanol–water partition coefficient (Wildman–Crippen LogP) is 6.56. The second-order valence-electron chi connectivity index (χ2n) is 9.24. The van der Waals surface area contributed by atoms with Gasteiger partial charge in [0.15, 0.2) is 0 Å². The van der Waals surface area contributed by atoms with Gasteiger partial charge in [0.2, 0.25) is 11.8 Å². The molecule has 0 aliphatic heterocycles. The van der Waals surface area contributed by atoms with Gasteiger partial charge in [0.05, 0.1) is 15.6 Å². The Bertz CT molecular complexity index is 1420. The first-order valence-electron chi connectivity index (χ1n) is 12.9. The zero-order valence-corrected chi connectivity index (χ0v) is 25.6. The summed E-state index contributed by atoms with van der Waals surface area (Å²) < 4.78 is 28.7. The first-order valence-corrected chi connectivity index (χ1v) is 15.4. The van der Waals surface area contributed by atoms with Gasteiger partial charge in [0.1, 0.15) is 12.6 Å². The molecule has 0 fully saturated rings. The van der Waals surface area contributed by atoms with Crippen LogP contribution in [0.25, 0.3) is 0 Å². The Kier molecular flexibility index (Phi) is 11.3. The van der Waals surface area contributed by atoms with Crippen LogP contribution in [-0.2, 0) is 26.2 Å². The fourth-order valence-corrected chi connectivity index (χ4v) is 6.36. The van der Waals surface area contributed by atoms with Gasteiger partial charge in [-0.25, -0.2) is 8.42 Å². The van der Waals surface area contributed by atoms with Gasteiger partial charge in [-0.3, -0.25) is 13.9 Å². The van der Waals surface area contributed by atoms with E-state index in [2.05, 4.69) is 5.32 Å². The van der Waals surface area contributed by atoms with E-state index >= 15 is 0 Å². The third kappa shape index (κ3) is 7.49. The Morgan fingerprint density at radius 3 is 1.98 bits per heavy atom. The van der Waals surface area contributed by atoms with Crippen LogP contribution in [0.5, 0.6) is 0 Å². The smallest absolute Gasteiger partial charge is 0.264 e. The van der Waals surface area contributed by atoms with Crippen molar-refractivity contribution in [1.29, 1.82) is 0 Å². The van der Waals surface area contributed by atoms with E-state index in [0.29, 0.717) is 22.0 Å². The van der Waals surface area contributed by atoms with E-state index in [1.54, 1.807) is 61.5 Å². The van der Waals surface area contributed by atoms with Crippen molar-refractivity contribution >= 4 is 62.3 Å². The second-order valence-corrected chi connectivity index (χ2v) is 12.3. The molecule has 3 aromatic carbocycles. The maximum absolute atomic E-state index is 14.1. The minimum absolute atomic E-state index is 0.00928. The molecule has 3 aromatic rings. The van der Waals surface area contributed by atoms with Crippen molar-refractivity contribution in [2.45, 2.75) is 57.1 Å². The molecule has 0 bridgehead atoms. The molecule has 214 valence electrons. The lowest BCUT2D eigenvalue weighted by atomic mass is 10.1. The van der Waals surface area contributed by atoms with Gasteiger partial charge in [0, 0.05) is 28.2 Å². The number of anilines is 1. The monoisotopic (exact) mass is 623 g/mol. The van der Waals surface area contributed by atoms with E-state index in [-0.39, 0.29) is 40.5 Å². The normalized spacial score (nSPS) is 12.8. The summed E-state index contributed by atoms with van der Waals surface area (Å²) in [5.74, 6) is -0.981. The van der Waals surface area contributed by atoms with Gasteiger partial charge < -0.3 is 10.2 Å². The Hall–Kier alpha value is -2.78. The molecule has 40 heavy (non-hydrogen) atoms. The van der Waals surface area contributed by atoms with Crippen molar-refractivity contribution in [1.82, 2.24) is 10.2 Å². The molecule has 1 N–H and O–H groups in total. The number of rotatable bonds is 12.